The number of nitrogens with two attached hydrogens (primary N) is 1. The number of likely N-dealkylation sites (tertiary alicyclic amines) is 1. The van der Waals surface area contributed by atoms with Crippen molar-refractivity contribution in [2.24, 2.45) is 0 Å². The average Bonchev–Trinajstić information content (AvgIpc) is 3.11. The molecule has 0 unspecified atom stereocenters. The van der Waals surface area contributed by atoms with Gasteiger partial charge in [-0.15, -0.1) is 0 Å². The highest BCUT2D eigenvalue weighted by molar-refractivity contribution is 6.06. The second-order valence-electron chi connectivity index (χ2n) is 6.74. The molecule has 0 atom stereocenters. The Kier molecular flexibility index (Phi) is 4.32. The maximum Gasteiger partial charge on any atom is 0.336 e. The van der Waals surface area contributed by atoms with Crippen LogP contribution in [0.2, 0.25) is 0 Å². The summed E-state index contributed by atoms with van der Waals surface area (Å²) in [5.74, 6) is 0. The Morgan fingerprint density at radius 1 is 1.08 bits per heavy atom. The lowest BCUT2D eigenvalue weighted by atomic mass is 10.0. The first-order valence-electron chi connectivity index (χ1n) is 8.91. The van der Waals surface area contributed by atoms with Crippen molar-refractivity contribution >= 4 is 21.7 Å². The molecule has 1 saturated heterocycles. The normalized spacial score (nSPS) is 15.5. The van der Waals surface area contributed by atoms with E-state index in [2.05, 4.69) is 17.4 Å². The van der Waals surface area contributed by atoms with Crippen LogP contribution >= 0.6 is 0 Å². The van der Waals surface area contributed by atoms with Crippen LogP contribution in [0.4, 0.5) is 0 Å². The van der Waals surface area contributed by atoms with E-state index in [1.165, 1.54) is 37.9 Å². The number of nitrogens with one attached hydrogen (secondary N) is 1. The van der Waals surface area contributed by atoms with Crippen molar-refractivity contribution in [2.45, 2.75) is 19.4 Å². The van der Waals surface area contributed by atoms with Gasteiger partial charge in [0, 0.05) is 29.9 Å². The topological polar surface area (TPSA) is 51.3 Å². The fourth-order valence-electron chi connectivity index (χ4n) is 3.87. The summed E-state index contributed by atoms with van der Waals surface area (Å²) in [7, 11) is 0. The van der Waals surface area contributed by atoms with Crippen LogP contribution in [0.3, 0.4) is 0 Å². The fraction of sp³-hybridized carbons (Fsp3) is 0.350. The molecule has 2 heterocycles. The standard InChI is InChI=1S/C20H22N2O2/c23-19-13-16(14-21-9-12-22-10-3-4-11-22)20-17-6-2-1-5-15(17)7-8-18(20)24-19/h1-2,5-8,13,21H,3-4,9-12,14H2/p+2. The molecule has 0 aliphatic carbocycles. The molecule has 4 nitrogen and oxygen atoms in total. The van der Waals surface area contributed by atoms with Crippen LogP contribution in [0.1, 0.15) is 18.4 Å². The van der Waals surface area contributed by atoms with E-state index in [9.17, 15) is 4.79 Å². The second kappa shape index (κ2) is 6.75. The Morgan fingerprint density at radius 2 is 1.92 bits per heavy atom. The summed E-state index contributed by atoms with van der Waals surface area (Å²) in [6.45, 7) is 5.76. The van der Waals surface area contributed by atoms with Crippen molar-refractivity contribution in [2.75, 3.05) is 26.2 Å². The third kappa shape index (κ3) is 3.07. The smallest absolute Gasteiger partial charge is 0.336 e. The van der Waals surface area contributed by atoms with Crippen molar-refractivity contribution < 1.29 is 14.6 Å². The number of rotatable bonds is 5. The Labute approximate surface area is 141 Å². The minimum Gasteiger partial charge on any atom is -0.423 e. The van der Waals surface area contributed by atoms with Crippen LogP contribution in [-0.4, -0.2) is 26.2 Å². The zero-order chi connectivity index (χ0) is 16.4. The number of hydrogen-bond donors (Lipinski definition) is 2. The summed E-state index contributed by atoms with van der Waals surface area (Å²) < 4.78 is 5.42. The number of fused-ring (bicyclic) bond motifs is 3. The summed E-state index contributed by atoms with van der Waals surface area (Å²) in [6, 6.07) is 13.9. The molecule has 1 aliphatic rings. The second-order valence-corrected chi connectivity index (χ2v) is 6.74. The van der Waals surface area contributed by atoms with Crippen molar-refractivity contribution in [3.63, 3.8) is 0 Å². The summed E-state index contributed by atoms with van der Waals surface area (Å²) in [4.78, 5) is 13.6. The molecule has 1 fully saturated rings. The first-order chi connectivity index (χ1) is 11.8. The van der Waals surface area contributed by atoms with E-state index in [0.29, 0.717) is 5.58 Å². The lowest BCUT2D eigenvalue weighted by Gasteiger charge is -2.11. The van der Waals surface area contributed by atoms with Gasteiger partial charge in [-0.05, 0) is 16.8 Å². The molecular formula is C20H24N2O2+2. The predicted octanol–water partition coefficient (Wildman–Crippen LogP) is 0.688. The summed E-state index contributed by atoms with van der Waals surface area (Å²) >= 11 is 0. The van der Waals surface area contributed by atoms with Gasteiger partial charge in [0.2, 0.25) is 0 Å². The first-order valence-corrected chi connectivity index (χ1v) is 8.91. The highest BCUT2D eigenvalue weighted by Gasteiger charge is 2.16. The van der Waals surface area contributed by atoms with Crippen molar-refractivity contribution in [3.05, 3.63) is 58.4 Å². The third-order valence-corrected chi connectivity index (χ3v) is 5.09. The highest BCUT2D eigenvalue weighted by atomic mass is 16.4. The molecule has 0 bridgehead atoms. The minimum atomic E-state index is -0.258. The van der Waals surface area contributed by atoms with Gasteiger partial charge in [0.05, 0.1) is 13.1 Å². The lowest BCUT2D eigenvalue weighted by molar-refractivity contribution is -0.901. The lowest BCUT2D eigenvalue weighted by Crippen LogP contribution is -3.12. The monoisotopic (exact) mass is 324 g/mol. The maximum absolute atomic E-state index is 11.9. The molecule has 1 aromatic heterocycles. The number of benzene rings is 2. The Morgan fingerprint density at radius 3 is 2.79 bits per heavy atom. The van der Waals surface area contributed by atoms with Gasteiger partial charge in [0.25, 0.3) is 0 Å². The summed E-state index contributed by atoms with van der Waals surface area (Å²) in [5, 5.41) is 5.74. The van der Waals surface area contributed by atoms with E-state index in [-0.39, 0.29) is 5.63 Å². The first kappa shape index (κ1) is 15.4. The zero-order valence-corrected chi connectivity index (χ0v) is 13.9. The van der Waals surface area contributed by atoms with Crippen LogP contribution in [0, 0.1) is 0 Å². The van der Waals surface area contributed by atoms with Crippen molar-refractivity contribution in [1.29, 1.82) is 0 Å². The maximum atomic E-state index is 11.9. The van der Waals surface area contributed by atoms with Gasteiger partial charge < -0.3 is 14.6 Å². The van der Waals surface area contributed by atoms with Gasteiger partial charge in [-0.2, -0.15) is 0 Å². The van der Waals surface area contributed by atoms with E-state index in [0.717, 1.165) is 29.4 Å². The largest absolute Gasteiger partial charge is 0.423 e. The van der Waals surface area contributed by atoms with Gasteiger partial charge in [-0.1, -0.05) is 30.3 Å². The van der Waals surface area contributed by atoms with Gasteiger partial charge in [-0.25, -0.2) is 4.79 Å². The van der Waals surface area contributed by atoms with Gasteiger partial charge >= 0.3 is 5.63 Å². The third-order valence-electron chi connectivity index (χ3n) is 5.09. The number of hydrogen-bond acceptors (Lipinski definition) is 2. The van der Waals surface area contributed by atoms with Crippen LogP contribution in [-0.2, 0) is 6.54 Å². The van der Waals surface area contributed by atoms with E-state index in [1.54, 1.807) is 11.0 Å². The van der Waals surface area contributed by atoms with E-state index < -0.39 is 0 Å². The Hall–Kier alpha value is -2.17. The highest BCUT2D eigenvalue weighted by Crippen LogP contribution is 2.26. The van der Waals surface area contributed by atoms with Gasteiger partial charge in [0.15, 0.2) is 0 Å². The fourth-order valence-corrected chi connectivity index (χ4v) is 3.87. The average molecular weight is 324 g/mol. The molecule has 3 N–H and O–H groups in total. The Balaban J connectivity index is 1.61. The van der Waals surface area contributed by atoms with Crippen LogP contribution in [0.25, 0.3) is 21.7 Å². The van der Waals surface area contributed by atoms with Gasteiger partial charge in [0.1, 0.15) is 25.2 Å². The molecule has 0 spiro atoms. The minimum absolute atomic E-state index is 0.258. The van der Waals surface area contributed by atoms with Gasteiger partial charge in [-0.3, -0.25) is 0 Å². The molecule has 4 heteroatoms. The number of quaternary nitrogens is 2. The molecule has 2 aromatic carbocycles. The van der Waals surface area contributed by atoms with Crippen molar-refractivity contribution in [1.82, 2.24) is 0 Å². The van der Waals surface area contributed by atoms with Crippen LogP contribution in [0.5, 0.6) is 0 Å². The van der Waals surface area contributed by atoms with Crippen LogP contribution in [0.15, 0.2) is 51.7 Å². The molecule has 24 heavy (non-hydrogen) atoms. The quantitative estimate of drug-likeness (QED) is 0.412. The molecule has 124 valence electrons. The molecule has 3 aromatic rings. The van der Waals surface area contributed by atoms with E-state index in [4.69, 9.17) is 4.42 Å². The molecule has 1 aliphatic heterocycles. The van der Waals surface area contributed by atoms with E-state index in [1.807, 2.05) is 24.3 Å². The summed E-state index contributed by atoms with van der Waals surface area (Å²) in [5.41, 5.74) is 1.51. The van der Waals surface area contributed by atoms with Crippen LogP contribution < -0.4 is 15.8 Å². The van der Waals surface area contributed by atoms with E-state index >= 15 is 0 Å². The predicted molar refractivity (Wildman–Crippen MR) is 95.3 cm³/mol. The zero-order valence-electron chi connectivity index (χ0n) is 13.9. The molecule has 0 saturated carbocycles. The SMILES string of the molecule is O=c1cc(C[NH2+]CC[NH+]2CCCC2)c2c(ccc3ccccc32)o1. The molecule has 4 rings (SSSR count). The Bertz CT molecular complexity index is 910. The molecular weight excluding hydrogens is 300 g/mol. The molecule has 0 amide bonds. The summed E-state index contributed by atoms with van der Waals surface area (Å²) in [6.07, 6.45) is 2.73. The van der Waals surface area contributed by atoms with Crippen molar-refractivity contribution in [3.8, 4) is 0 Å². The molecule has 0 radical (unpaired) electrons.